The molecule has 1 aromatic heterocycles. The number of nitrogens with zero attached hydrogens (tertiary/aromatic N) is 1. The highest BCUT2D eigenvalue weighted by atomic mass is 16.4. The van der Waals surface area contributed by atoms with E-state index in [1.807, 2.05) is 6.92 Å². The maximum absolute atomic E-state index is 11.8. The lowest BCUT2D eigenvalue weighted by Crippen LogP contribution is -2.23. The molecule has 0 aliphatic rings. The van der Waals surface area contributed by atoms with Gasteiger partial charge in [-0.25, -0.2) is 4.98 Å². The van der Waals surface area contributed by atoms with Crippen molar-refractivity contribution < 1.29 is 9.21 Å². The largest absolute Gasteiger partial charge is 0.437 e. The van der Waals surface area contributed by atoms with Crippen molar-refractivity contribution in [1.29, 1.82) is 0 Å². The molecule has 0 aliphatic heterocycles. The van der Waals surface area contributed by atoms with Gasteiger partial charge in [0, 0.05) is 17.4 Å². The molecule has 0 aromatic carbocycles. The highest BCUT2D eigenvalue weighted by Gasteiger charge is 2.32. The molecule has 0 atom stereocenters. The molecule has 4 nitrogen and oxygen atoms in total. The van der Waals surface area contributed by atoms with Gasteiger partial charge in [-0.3, -0.25) is 4.79 Å². The first-order chi connectivity index (χ1) is 8.07. The van der Waals surface area contributed by atoms with Gasteiger partial charge in [-0.2, -0.15) is 0 Å². The Labute approximate surface area is 109 Å². The van der Waals surface area contributed by atoms with Crippen LogP contribution in [0.4, 0.5) is 0 Å². The van der Waals surface area contributed by atoms with Crippen LogP contribution < -0.4 is 5.32 Å². The molecular formula is C14H24N2O2. The van der Waals surface area contributed by atoms with E-state index in [0.29, 0.717) is 6.54 Å². The summed E-state index contributed by atoms with van der Waals surface area (Å²) in [5, 5.41) is 2.71. The van der Waals surface area contributed by atoms with Crippen LogP contribution in [-0.2, 0) is 10.8 Å². The molecule has 102 valence electrons. The predicted octanol–water partition coefficient (Wildman–Crippen LogP) is 3.02. The molecule has 1 heterocycles. The predicted molar refractivity (Wildman–Crippen MR) is 71.9 cm³/mol. The molecule has 0 aliphatic carbocycles. The van der Waals surface area contributed by atoms with Crippen LogP contribution in [0.5, 0.6) is 0 Å². The molecule has 0 saturated heterocycles. The van der Waals surface area contributed by atoms with Crippen LogP contribution in [0.2, 0.25) is 0 Å². The Balaban J connectivity index is 3.29. The molecule has 1 aromatic rings. The Morgan fingerprint density at radius 3 is 2.06 bits per heavy atom. The first-order valence-corrected chi connectivity index (χ1v) is 6.37. The number of carbonyl (C=O) groups is 1. The van der Waals surface area contributed by atoms with Crippen LogP contribution in [0.15, 0.2) is 4.42 Å². The van der Waals surface area contributed by atoms with Crippen LogP contribution in [-0.4, -0.2) is 17.4 Å². The van der Waals surface area contributed by atoms with Crippen molar-refractivity contribution in [2.45, 2.75) is 59.3 Å². The molecule has 0 unspecified atom stereocenters. The molecule has 1 amide bonds. The summed E-state index contributed by atoms with van der Waals surface area (Å²) in [6, 6.07) is 0. The third-order valence-corrected chi connectivity index (χ3v) is 2.55. The fourth-order valence-electron chi connectivity index (χ4n) is 1.67. The normalized spacial score (nSPS) is 12.6. The summed E-state index contributed by atoms with van der Waals surface area (Å²) >= 11 is 0. The Morgan fingerprint density at radius 2 is 1.72 bits per heavy atom. The SMILES string of the molecule is CCNC(=O)c1nc(C(C)(C)C)c(C(C)(C)C)o1. The smallest absolute Gasteiger partial charge is 0.307 e. The third kappa shape index (κ3) is 3.12. The van der Waals surface area contributed by atoms with Crippen LogP contribution in [0, 0.1) is 0 Å². The van der Waals surface area contributed by atoms with Crippen molar-refractivity contribution in [1.82, 2.24) is 10.3 Å². The minimum absolute atomic E-state index is 0.142. The fourth-order valence-corrected chi connectivity index (χ4v) is 1.67. The second kappa shape index (κ2) is 4.75. The Bertz CT molecular complexity index is 402. The van der Waals surface area contributed by atoms with Crippen LogP contribution in [0.1, 0.15) is 70.6 Å². The van der Waals surface area contributed by atoms with Gasteiger partial charge in [-0.05, 0) is 6.92 Å². The average molecular weight is 252 g/mol. The Hall–Kier alpha value is -1.32. The summed E-state index contributed by atoms with van der Waals surface area (Å²) in [5.74, 6) is 0.696. The average Bonchev–Trinajstić information content (AvgIpc) is 2.60. The maximum Gasteiger partial charge on any atom is 0.307 e. The molecule has 1 N–H and O–H groups in total. The van der Waals surface area contributed by atoms with Crippen LogP contribution >= 0.6 is 0 Å². The van der Waals surface area contributed by atoms with Crippen molar-refractivity contribution in [2.24, 2.45) is 0 Å². The fraction of sp³-hybridized carbons (Fsp3) is 0.714. The zero-order valence-corrected chi connectivity index (χ0v) is 12.5. The van der Waals surface area contributed by atoms with Crippen LogP contribution in [0.3, 0.4) is 0 Å². The molecule has 0 saturated carbocycles. The van der Waals surface area contributed by atoms with E-state index in [-0.39, 0.29) is 22.6 Å². The minimum atomic E-state index is -0.251. The number of hydrogen-bond acceptors (Lipinski definition) is 3. The lowest BCUT2D eigenvalue weighted by atomic mass is 9.83. The van der Waals surface area contributed by atoms with E-state index in [2.05, 4.69) is 51.8 Å². The number of hydrogen-bond donors (Lipinski definition) is 1. The highest BCUT2D eigenvalue weighted by molar-refractivity contribution is 5.89. The zero-order chi connectivity index (χ0) is 14.1. The summed E-state index contributed by atoms with van der Waals surface area (Å²) < 4.78 is 5.70. The zero-order valence-electron chi connectivity index (χ0n) is 12.5. The van der Waals surface area contributed by atoms with Crippen molar-refractivity contribution in [3.05, 3.63) is 17.3 Å². The third-order valence-electron chi connectivity index (χ3n) is 2.55. The van der Waals surface area contributed by atoms with Crippen molar-refractivity contribution in [3.8, 4) is 0 Å². The molecular weight excluding hydrogens is 228 g/mol. The first-order valence-electron chi connectivity index (χ1n) is 6.37. The van der Waals surface area contributed by atoms with Crippen molar-refractivity contribution in [3.63, 3.8) is 0 Å². The second-order valence-electron chi connectivity index (χ2n) is 6.56. The van der Waals surface area contributed by atoms with Gasteiger partial charge in [0.25, 0.3) is 5.89 Å². The van der Waals surface area contributed by atoms with Gasteiger partial charge in [-0.1, -0.05) is 41.5 Å². The standard InChI is InChI=1S/C14H24N2O2/c1-8-15-11(17)12-16-9(13(2,3)4)10(18-12)14(5,6)7/h8H2,1-7H3,(H,15,17). The lowest BCUT2D eigenvalue weighted by molar-refractivity contribution is 0.0918. The molecule has 0 bridgehead atoms. The number of oxazole rings is 1. The molecule has 0 radical (unpaired) electrons. The van der Waals surface area contributed by atoms with E-state index in [9.17, 15) is 4.79 Å². The van der Waals surface area contributed by atoms with Gasteiger partial charge in [0.05, 0.1) is 5.69 Å². The summed E-state index contributed by atoms with van der Waals surface area (Å²) in [7, 11) is 0. The summed E-state index contributed by atoms with van der Waals surface area (Å²) in [6.45, 7) is 14.8. The van der Waals surface area contributed by atoms with Crippen molar-refractivity contribution in [2.75, 3.05) is 6.54 Å². The quantitative estimate of drug-likeness (QED) is 0.880. The van der Waals surface area contributed by atoms with E-state index in [4.69, 9.17) is 4.42 Å². The molecule has 0 fully saturated rings. The monoisotopic (exact) mass is 252 g/mol. The van der Waals surface area contributed by atoms with Crippen molar-refractivity contribution >= 4 is 5.91 Å². The van der Waals surface area contributed by atoms with Gasteiger partial charge in [0.2, 0.25) is 0 Å². The van der Waals surface area contributed by atoms with Gasteiger partial charge < -0.3 is 9.73 Å². The number of rotatable bonds is 2. The van der Waals surface area contributed by atoms with Gasteiger partial charge >= 0.3 is 5.91 Å². The number of carbonyl (C=O) groups excluding carboxylic acids is 1. The topological polar surface area (TPSA) is 55.1 Å². The summed E-state index contributed by atoms with van der Waals surface area (Å²) in [6.07, 6.45) is 0. The Morgan fingerprint density at radius 1 is 1.17 bits per heavy atom. The first kappa shape index (κ1) is 14.7. The molecule has 18 heavy (non-hydrogen) atoms. The van der Waals surface area contributed by atoms with Gasteiger partial charge in [0.1, 0.15) is 5.76 Å². The number of aromatic nitrogens is 1. The van der Waals surface area contributed by atoms with E-state index in [0.717, 1.165) is 11.5 Å². The molecule has 1 rings (SSSR count). The second-order valence-corrected chi connectivity index (χ2v) is 6.56. The number of amides is 1. The van der Waals surface area contributed by atoms with Crippen LogP contribution in [0.25, 0.3) is 0 Å². The number of nitrogens with one attached hydrogen (secondary N) is 1. The highest BCUT2D eigenvalue weighted by Crippen LogP contribution is 2.34. The summed E-state index contributed by atoms with van der Waals surface area (Å²) in [5.41, 5.74) is 0.549. The van der Waals surface area contributed by atoms with E-state index in [1.165, 1.54) is 0 Å². The van der Waals surface area contributed by atoms with E-state index in [1.54, 1.807) is 0 Å². The maximum atomic E-state index is 11.8. The summed E-state index contributed by atoms with van der Waals surface area (Å²) in [4.78, 5) is 16.2. The van der Waals surface area contributed by atoms with E-state index >= 15 is 0 Å². The lowest BCUT2D eigenvalue weighted by Gasteiger charge is -2.22. The van der Waals surface area contributed by atoms with Gasteiger partial charge in [0.15, 0.2) is 0 Å². The van der Waals surface area contributed by atoms with Gasteiger partial charge in [-0.15, -0.1) is 0 Å². The van der Waals surface area contributed by atoms with E-state index < -0.39 is 0 Å². The molecule has 0 spiro atoms. The Kier molecular flexibility index (Phi) is 3.89. The minimum Gasteiger partial charge on any atom is -0.437 e. The molecule has 4 heteroatoms.